The zero-order valence-corrected chi connectivity index (χ0v) is 15.3. The summed E-state index contributed by atoms with van der Waals surface area (Å²) < 4.78 is 14.6. The van der Waals surface area contributed by atoms with Crippen LogP contribution in [0, 0.1) is 11.7 Å². The molecular formula is C18H25FN6O. The van der Waals surface area contributed by atoms with Gasteiger partial charge < -0.3 is 4.90 Å². The molecule has 140 valence electrons. The number of nitrogens with zero attached hydrogens (tertiary/aromatic N) is 6. The highest BCUT2D eigenvalue weighted by molar-refractivity contribution is 5.75. The van der Waals surface area contributed by atoms with E-state index in [1.807, 2.05) is 17.0 Å². The van der Waals surface area contributed by atoms with Gasteiger partial charge in [-0.1, -0.05) is 26.0 Å². The summed E-state index contributed by atoms with van der Waals surface area (Å²) in [6.45, 7) is 7.60. The molecule has 1 amide bonds. The molecule has 7 nitrogen and oxygen atoms in total. The lowest BCUT2D eigenvalue weighted by molar-refractivity contribution is -0.132. The lowest BCUT2D eigenvalue weighted by atomic mass is 10.0. The van der Waals surface area contributed by atoms with Crippen LogP contribution < -0.4 is 0 Å². The molecule has 0 aliphatic carbocycles. The molecule has 1 aromatic carbocycles. The SMILES string of the molecule is CC(C)[C@H]1CN(C(=O)Cn2cnnn2)CCCN1Cc1ccc(F)cc1. The molecule has 26 heavy (non-hydrogen) atoms. The molecule has 1 aliphatic rings. The van der Waals surface area contributed by atoms with Gasteiger partial charge in [0.2, 0.25) is 5.91 Å². The molecule has 3 rings (SSSR count). The molecule has 2 aromatic rings. The van der Waals surface area contributed by atoms with E-state index >= 15 is 0 Å². The van der Waals surface area contributed by atoms with Crippen LogP contribution in [0.1, 0.15) is 25.8 Å². The Bertz CT molecular complexity index is 703. The maximum Gasteiger partial charge on any atom is 0.244 e. The summed E-state index contributed by atoms with van der Waals surface area (Å²) >= 11 is 0. The van der Waals surface area contributed by atoms with Gasteiger partial charge >= 0.3 is 0 Å². The Balaban J connectivity index is 1.68. The lowest BCUT2D eigenvalue weighted by Crippen LogP contribution is -2.46. The van der Waals surface area contributed by atoms with Gasteiger partial charge in [-0.15, -0.1) is 5.10 Å². The number of aromatic nitrogens is 4. The van der Waals surface area contributed by atoms with Crippen molar-refractivity contribution in [1.29, 1.82) is 0 Å². The van der Waals surface area contributed by atoms with Gasteiger partial charge in [-0.3, -0.25) is 9.69 Å². The van der Waals surface area contributed by atoms with Gasteiger partial charge in [-0.25, -0.2) is 9.07 Å². The number of tetrazole rings is 1. The van der Waals surface area contributed by atoms with Crippen molar-refractivity contribution in [2.24, 2.45) is 5.92 Å². The largest absolute Gasteiger partial charge is 0.339 e. The Morgan fingerprint density at radius 3 is 2.69 bits per heavy atom. The predicted octanol–water partition coefficient (Wildman–Crippen LogP) is 1.57. The third kappa shape index (κ3) is 4.63. The minimum Gasteiger partial charge on any atom is -0.339 e. The number of carbonyl (C=O) groups is 1. The first-order chi connectivity index (χ1) is 12.5. The molecule has 8 heteroatoms. The molecule has 1 atom stereocenters. The zero-order chi connectivity index (χ0) is 18.5. The van der Waals surface area contributed by atoms with Crippen molar-refractivity contribution in [2.45, 2.75) is 39.4 Å². The molecule has 0 bridgehead atoms. The molecule has 0 N–H and O–H groups in total. The molecule has 1 aliphatic heterocycles. The highest BCUT2D eigenvalue weighted by Gasteiger charge is 2.29. The van der Waals surface area contributed by atoms with Crippen molar-refractivity contribution in [1.82, 2.24) is 30.0 Å². The molecule has 2 heterocycles. The number of carbonyl (C=O) groups excluding carboxylic acids is 1. The highest BCUT2D eigenvalue weighted by atomic mass is 19.1. The Morgan fingerprint density at radius 1 is 1.27 bits per heavy atom. The zero-order valence-electron chi connectivity index (χ0n) is 15.3. The second-order valence-electron chi connectivity index (χ2n) is 7.11. The lowest BCUT2D eigenvalue weighted by Gasteiger charge is -2.34. The van der Waals surface area contributed by atoms with E-state index < -0.39 is 0 Å². The summed E-state index contributed by atoms with van der Waals surface area (Å²) in [5.41, 5.74) is 1.09. The Hall–Kier alpha value is -2.35. The molecule has 0 radical (unpaired) electrons. The van der Waals surface area contributed by atoms with Crippen molar-refractivity contribution in [3.8, 4) is 0 Å². The highest BCUT2D eigenvalue weighted by Crippen LogP contribution is 2.20. The van der Waals surface area contributed by atoms with E-state index in [2.05, 4.69) is 34.3 Å². The third-order valence-electron chi connectivity index (χ3n) is 4.86. The minimum atomic E-state index is -0.218. The average molecular weight is 360 g/mol. The van der Waals surface area contributed by atoms with E-state index in [9.17, 15) is 9.18 Å². The van der Waals surface area contributed by atoms with E-state index in [0.717, 1.165) is 31.6 Å². The Kier molecular flexibility index (Phi) is 5.92. The van der Waals surface area contributed by atoms with Crippen molar-refractivity contribution in [3.63, 3.8) is 0 Å². The second-order valence-corrected chi connectivity index (χ2v) is 7.11. The Morgan fingerprint density at radius 2 is 2.04 bits per heavy atom. The maximum absolute atomic E-state index is 13.2. The first kappa shape index (κ1) is 18.4. The molecule has 1 fully saturated rings. The fraction of sp³-hybridized carbons (Fsp3) is 0.556. The van der Waals surface area contributed by atoms with Crippen LogP contribution in [0.4, 0.5) is 4.39 Å². The second kappa shape index (κ2) is 8.35. The van der Waals surface area contributed by atoms with Gasteiger partial charge in [0.25, 0.3) is 0 Å². The maximum atomic E-state index is 13.2. The van der Waals surface area contributed by atoms with Crippen LogP contribution >= 0.6 is 0 Å². The van der Waals surface area contributed by atoms with Crippen LogP contribution in [0.25, 0.3) is 0 Å². The third-order valence-corrected chi connectivity index (χ3v) is 4.86. The smallest absolute Gasteiger partial charge is 0.244 e. The van der Waals surface area contributed by atoms with Gasteiger partial charge in [0.15, 0.2) is 0 Å². The first-order valence-electron chi connectivity index (χ1n) is 9.00. The quantitative estimate of drug-likeness (QED) is 0.810. The van der Waals surface area contributed by atoms with Gasteiger partial charge in [-0.05, 0) is 40.5 Å². The average Bonchev–Trinajstić information content (AvgIpc) is 3.02. The normalized spacial score (nSPS) is 18.9. The number of amides is 1. The molecule has 1 saturated heterocycles. The summed E-state index contributed by atoms with van der Waals surface area (Å²) in [5, 5.41) is 10.9. The van der Waals surface area contributed by atoms with E-state index in [1.54, 1.807) is 0 Å². The van der Waals surface area contributed by atoms with Crippen LogP contribution in [0.3, 0.4) is 0 Å². The summed E-state index contributed by atoms with van der Waals surface area (Å²) in [6, 6.07) is 6.91. The van der Waals surface area contributed by atoms with Crippen molar-refractivity contribution in [3.05, 3.63) is 42.0 Å². The Labute approximate surface area is 152 Å². The minimum absolute atomic E-state index is 0.0339. The van der Waals surface area contributed by atoms with Crippen LogP contribution in [0.5, 0.6) is 0 Å². The van der Waals surface area contributed by atoms with Gasteiger partial charge in [-0.2, -0.15) is 0 Å². The number of hydrogen-bond acceptors (Lipinski definition) is 5. The van der Waals surface area contributed by atoms with E-state index in [0.29, 0.717) is 12.5 Å². The number of hydrogen-bond donors (Lipinski definition) is 0. The van der Waals surface area contributed by atoms with Crippen molar-refractivity contribution >= 4 is 5.91 Å². The van der Waals surface area contributed by atoms with Gasteiger partial charge in [0.1, 0.15) is 18.7 Å². The number of rotatable bonds is 5. The summed E-state index contributed by atoms with van der Waals surface area (Å²) in [7, 11) is 0. The van der Waals surface area contributed by atoms with Crippen LogP contribution in [-0.4, -0.2) is 61.6 Å². The molecule has 0 spiro atoms. The monoisotopic (exact) mass is 360 g/mol. The topological polar surface area (TPSA) is 67.2 Å². The predicted molar refractivity (Wildman–Crippen MR) is 94.5 cm³/mol. The standard InChI is InChI=1S/C18H25FN6O/c1-14(2)17-11-24(18(26)12-25-13-20-21-22-25)9-3-8-23(17)10-15-4-6-16(19)7-5-15/h4-7,13-14,17H,3,8-12H2,1-2H3/t17-/m1/s1. The van der Waals surface area contributed by atoms with Crippen LogP contribution in [0.2, 0.25) is 0 Å². The van der Waals surface area contributed by atoms with E-state index in [4.69, 9.17) is 0 Å². The summed E-state index contributed by atoms with van der Waals surface area (Å²) in [5.74, 6) is 0.216. The summed E-state index contributed by atoms with van der Waals surface area (Å²) in [4.78, 5) is 17.0. The van der Waals surface area contributed by atoms with Crippen LogP contribution in [0.15, 0.2) is 30.6 Å². The molecule has 1 aromatic heterocycles. The molecular weight excluding hydrogens is 335 g/mol. The number of benzene rings is 1. The summed E-state index contributed by atoms with van der Waals surface area (Å²) in [6.07, 6.45) is 2.36. The fourth-order valence-corrected chi connectivity index (χ4v) is 3.43. The fourth-order valence-electron chi connectivity index (χ4n) is 3.43. The van der Waals surface area contributed by atoms with E-state index in [-0.39, 0.29) is 24.3 Å². The first-order valence-corrected chi connectivity index (χ1v) is 9.00. The molecule has 0 saturated carbocycles. The number of halogens is 1. The van der Waals surface area contributed by atoms with Gasteiger partial charge in [0.05, 0.1) is 0 Å². The van der Waals surface area contributed by atoms with E-state index in [1.165, 1.54) is 23.1 Å². The van der Waals surface area contributed by atoms with Crippen molar-refractivity contribution < 1.29 is 9.18 Å². The van der Waals surface area contributed by atoms with Crippen molar-refractivity contribution in [2.75, 3.05) is 19.6 Å². The van der Waals surface area contributed by atoms with Gasteiger partial charge in [0, 0.05) is 32.2 Å². The van der Waals surface area contributed by atoms with Crippen LogP contribution in [-0.2, 0) is 17.9 Å². The molecule has 0 unspecified atom stereocenters.